The van der Waals surface area contributed by atoms with E-state index >= 15 is 0 Å². The van der Waals surface area contributed by atoms with Crippen LogP contribution in [0.1, 0.15) is 5.69 Å². The maximum Gasteiger partial charge on any atom is 0.187 e. The highest BCUT2D eigenvalue weighted by Crippen LogP contribution is 2.30. The lowest BCUT2D eigenvalue weighted by Gasteiger charge is -2.08. The normalized spacial score (nSPS) is 10.5. The molecular weight excluding hydrogens is 323 g/mol. The van der Waals surface area contributed by atoms with Crippen LogP contribution in [0.25, 0.3) is 11.4 Å². The van der Waals surface area contributed by atoms with E-state index in [2.05, 4.69) is 31.3 Å². The highest BCUT2D eigenvalue weighted by Gasteiger charge is 2.14. The van der Waals surface area contributed by atoms with E-state index in [4.69, 9.17) is 17.4 Å². The SMILES string of the molecule is Cc1nc(-c2cc(Cl)ccc2Br)nc(NN)c1F. The van der Waals surface area contributed by atoms with E-state index in [-0.39, 0.29) is 11.5 Å². The first-order valence-corrected chi connectivity index (χ1v) is 6.16. The van der Waals surface area contributed by atoms with Gasteiger partial charge in [0.15, 0.2) is 17.5 Å². The maximum atomic E-state index is 13.6. The zero-order valence-electron chi connectivity index (χ0n) is 9.34. The quantitative estimate of drug-likeness (QED) is 0.655. The molecule has 2 rings (SSSR count). The van der Waals surface area contributed by atoms with Crippen molar-refractivity contribution in [1.29, 1.82) is 0 Å². The second-order valence-corrected chi connectivity index (χ2v) is 4.85. The number of aromatic nitrogens is 2. The fourth-order valence-corrected chi connectivity index (χ4v) is 2.04. The fourth-order valence-electron chi connectivity index (χ4n) is 1.44. The minimum Gasteiger partial charge on any atom is -0.306 e. The van der Waals surface area contributed by atoms with Crippen LogP contribution in [0.15, 0.2) is 22.7 Å². The number of nitrogens with zero attached hydrogens (tertiary/aromatic N) is 2. The van der Waals surface area contributed by atoms with Gasteiger partial charge in [-0.2, -0.15) is 0 Å². The lowest BCUT2D eigenvalue weighted by Crippen LogP contribution is -2.13. The lowest BCUT2D eigenvalue weighted by molar-refractivity contribution is 0.606. The summed E-state index contributed by atoms with van der Waals surface area (Å²) in [5.74, 6) is 4.94. The van der Waals surface area contributed by atoms with Gasteiger partial charge in [0, 0.05) is 15.1 Å². The van der Waals surface area contributed by atoms with Crippen molar-refractivity contribution in [2.24, 2.45) is 5.84 Å². The number of rotatable bonds is 2. The van der Waals surface area contributed by atoms with Gasteiger partial charge in [-0.15, -0.1) is 0 Å². The van der Waals surface area contributed by atoms with E-state index in [1.807, 2.05) is 0 Å². The molecule has 1 heterocycles. The van der Waals surface area contributed by atoms with Gasteiger partial charge in [-0.3, -0.25) is 0 Å². The van der Waals surface area contributed by atoms with Gasteiger partial charge in [0.25, 0.3) is 0 Å². The van der Waals surface area contributed by atoms with Crippen LogP contribution in [0, 0.1) is 12.7 Å². The van der Waals surface area contributed by atoms with E-state index < -0.39 is 5.82 Å². The molecule has 0 bridgehead atoms. The molecule has 0 fully saturated rings. The summed E-state index contributed by atoms with van der Waals surface area (Å²) in [6.07, 6.45) is 0. The third-order valence-electron chi connectivity index (χ3n) is 2.32. The Morgan fingerprint density at radius 2 is 2.11 bits per heavy atom. The van der Waals surface area contributed by atoms with Crippen molar-refractivity contribution in [3.05, 3.63) is 39.2 Å². The van der Waals surface area contributed by atoms with Gasteiger partial charge >= 0.3 is 0 Å². The molecular formula is C11H9BrClFN4. The summed E-state index contributed by atoms with van der Waals surface area (Å²) in [5.41, 5.74) is 3.08. The molecule has 0 spiro atoms. The van der Waals surface area contributed by atoms with E-state index in [1.165, 1.54) is 0 Å². The highest BCUT2D eigenvalue weighted by atomic mass is 79.9. The van der Waals surface area contributed by atoms with Crippen molar-refractivity contribution in [2.75, 3.05) is 5.43 Å². The summed E-state index contributed by atoms with van der Waals surface area (Å²) in [4.78, 5) is 8.10. The number of nitrogens with one attached hydrogen (secondary N) is 1. The number of nitrogen functional groups attached to an aromatic ring is 1. The first-order valence-electron chi connectivity index (χ1n) is 4.99. The third kappa shape index (κ3) is 2.45. The van der Waals surface area contributed by atoms with Crippen molar-refractivity contribution < 1.29 is 4.39 Å². The van der Waals surface area contributed by atoms with Crippen molar-refractivity contribution in [2.45, 2.75) is 6.92 Å². The topological polar surface area (TPSA) is 63.8 Å². The summed E-state index contributed by atoms with van der Waals surface area (Å²) in [7, 11) is 0. The minimum absolute atomic E-state index is 0.0515. The molecule has 0 saturated carbocycles. The second kappa shape index (κ2) is 5.17. The van der Waals surface area contributed by atoms with Crippen molar-refractivity contribution >= 4 is 33.3 Å². The van der Waals surface area contributed by atoms with E-state index in [0.717, 1.165) is 4.47 Å². The van der Waals surface area contributed by atoms with E-state index in [1.54, 1.807) is 25.1 Å². The molecule has 0 aliphatic carbocycles. The molecule has 0 aliphatic rings. The van der Waals surface area contributed by atoms with Gasteiger partial charge in [-0.25, -0.2) is 20.2 Å². The van der Waals surface area contributed by atoms with Crippen molar-refractivity contribution in [3.63, 3.8) is 0 Å². The average molecular weight is 332 g/mol. The molecule has 94 valence electrons. The van der Waals surface area contributed by atoms with Gasteiger partial charge in [0.05, 0.1) is 5.69 Å². The Kier molecular flexibility index (Phi) is 3.79. The van der Waals surface area contributed by atoms with Crippen LogP contribution in [0.3, 0.4) is 0 Å². The number of hydrazine groups is 1. The van der Waals surface area contributed by atoms with Gasteiger partial charge in [0.1, 0.15) is 0 Å². The molecule has 7 heteroatoms. The number of anilines is 1. The van der Waals surface area contributed by atoms with E-state index in [9.17, 15) is 4.39 Å². The molecule has 1 aromatic heterocycles. The maximum absolute atomic E-state index is 13.6. The van der Waals surface area contributed by atoms with Gasteiger partial charge < -0.3 is 5.43 Å². The lowest BCUT2D eigenvalue weighted by atomic mass is 10.2. The molecule has 0 radical (unpaired) electrons. The smallest absolute Gasteiger partial charge is 0.187 e. The molecule has 0 saturated heterocycles. The molecule has 0 aliphatic heterocycles. The number of hydrogen-bond donors (Lipinski definition) is 2. The predicted octanol–water partition coefficient (Wildman–Crippen LogP) is 3.29. The largest absolute Gasteiger partial charge is 0.306 e. The van der Waals surface area contributed by atoms with Crippen LogP contribution >= 0.6 is 27.5 Å². The molecule has 18 heavy (non-hydrogen) atoms. The second-order valence-electron chi connectivity index (χ2n) is 3.56. The minimum atomic E-state index is -0.570. The standard InChI is InChI=1S/C11H9BrClFN4/c1-5-9(14)11(18-15)17-10(16-5)7-4-6(13)2-3-8(7)12/h2-4H,15H2,1H3,(H,16,17,18). The number of aryl methyl sites for hydroxylation is 1. The van der Waals surface area contributed by atoms with Crippen LogP contribution in [0.5, 0.6) is 0 Å². The zero-order chi connectivity index (χ0) is 13.3. The molecule has 3 N–H and O–H groups in total. The highest BCUT2D eigenvalue weighted by molar-refractivity contribution is 9.10. The molecule has 0 unspecified atom stereocenters. The predicted molar refractivity (Wildman–Crippen MR) is 72.7 cm³/mol. The summed E-state index contributed by atoms with van der Waals surface area (Å²) in [5, 5.41) is 0.543. The number of hydrogen-bond acceptors (Lipinski definition) is 4. The summed E-state index contributed by atoms with van der Waals surface area (Å²) in [6.45, 7) is 1.54. The Hall–Kier alpha value is -1.24. The number of benzene rings is 1. The molecule has 0 amide bonds. The van der Waals surface area contributed by atoms with Crippen LogP contribution < -0.4 is 11.3 Å². The summed E-state index contributed by atoms with van der Waals surface area (Å²) >= 11 is 9.29. The first kappa shape index (κ1) is 13.2. The molecule has 4 nitrogen and oxygen atoms in total. The summed E-state index contributed by atoms with van der Waals surface area (Å²) in [6, 6.07) is 5.20. The Morgan fingerprint density at radius 3 is 2.78 bits per heavy atom. The van der Waals surface area contributed by atoms with Gasteiger partial charge in [-0.05, 0) is 25.1 Å². The molecule has 2 aromatic rings. The molecule has 0 atom stereocenters. The zero-order valence-corrected chi connectivity index (χ0v) is 11.7. The Morgan fingerprint density at radius 1 is 1.39 bits per heavy atom. The van der Waals surface area contributed by atoms with Crippen LogP contribution in [-0.2, 0) is 0 Å². The molecule has 1 aromatic carbocycles. The first-order chi connectivity index (χ1) is 8.52. The van der Waals surface area contributed by atoms with Gasteiger partial charge in [-0.1, -0.05) is 27.5 Å². The Balaban J connectivity index is 2.64. The van der Waals surface area contributed by atoms with Crippen LogP contribution in [0.4, 0.5) is 10.2 Å². The Labute approximate surface area is 116 Å². The average Bonchev–Trinajstić information content (AvgIpc) is 2.35. The number of nitrogens with two attached hydrogens (primary N) is 1. The Bertz CT molecular complexity index is 606. The monoisotopic (exact) mass is 330 g/mol. The van der Waals surface area contributed by atoms with E-state index in [0.29, 0.717) is 16.4 Å². The fraction of sp³-hybridized carbons (Fsp3) is 0.0909. The number of halogens is 3. The van der Waals surface area contributed by atoms with Gasteiger partial charge in [0.2, 0.25) is 0 Å². The summed E-state index contributed by atoms with van der Waals surface area (Å²) < 4.78 is 14.3. The van der Waals surface area contributed by atoms with Crippen molar-refractivity contribution in [3.8, 4) is 11.4 Å². The van der Waals surface area contributed by atoms with Crippen LogP contribution in [-0.4, -0.2) is 9.97 Å². The van der Waals surface area contributed by atoms with Crippen molar-refractivity contribution in [1.82, 2.24) is 9.97 Å². The van der Waals surface area contributed by atoms with Crippen LogP contribution in [0.2, 0.25) is 5.02 Å². The third-order valence-corrected chi connectivity index (χ3v) is 3.25.